The Balaban J connectivity index is 2.18. The number of hydrogen-bond acceptors (Lipinski definition) is 5. The lowest BCUT2D eigenvalue weighted by atomic mass is 10.2. The van der Waals surface area contributed by atoms with Gasteiger partial charge in [-0.25, -0.2) is 0 Å². The molecule has 1 amide bonds. The van der Waals surface area contributed by atoms with Gasteiger partial charge in [0.25, 0.3) is 5.91 Å². The molecule has 2 rings (SSSR count). The topological polar surface area (TPSA) is 101 Å². The molecule has 16 heavy (non-hydrogen) atoms. The number of nitrogen functional groups attached to an aromatic ring is 1. The van der Waals surface area contributed by atoms with Crippen molar-refractivity contribution in [1.82, 2.24) is 5.16 Å². The number of amides is 1. The van der Waals surface area contributed by atoms with E-state index in [2.05, 4.69) is 15.0 Å². The van der Waals surface area contributed by atoms with Gasteiger partial charge in [0.2, 0.25) is 5.88 Å². The largest absolute Gasteiger partial charge is 0.507 e. The second-order valence-electron chi connectivity index (χ2n) is 3.09. The number of nitrogens with one attached hydrogen (secondary N) is 1. The highest BCUT2D eigenvalue weighted by Gasteiger charge is 2.12. The van der Waals surface area contributed by atoms with Crippen LogP contribution in [-0.2, 0) is 0 Å². The van der Waals surface area contributed by atoms with Crippen molar-refractivity contribution >= 4 is 17.6 Å². The monoisotopic (exact) mass is 219 g/mol. The molecule has 82 valence electrons. The first-order valence-corrected chi connectivity index (χ1v) is 4.48. The average Bonchev–Trinajstić information content (AvgIpc) is 2.64. The second-order valence-corrected chi connectivity index (χ2v) is 3.09. The maximum absolute atomic E-state index is 11.7. The minimum absolute atomic E-state index is 0.100. The summed E-state index contributed by atoms with van der Waals surface area (Å²) in [6, 6.07) is 7.56. The Labute approximate surface area is 90.7 Å². The fourth-order valence-electron chi connectivity index (χ4n) is 1.20. The predicted octanol–water partition coefficient (Wildman–Crippen LogP) is 1.21. The Morgan fingerprint density at radius 2 is 2.19 bits per heavy atom. The van der Waals surface area contributed by atoms with Crippen LogP contribution in [0.15, 0.2) is 34.9 Å². The summed E-state index contributed by atoms with van der Waals surface area (Å²) in [7, 11) is 0. The first-order valence-electron chi connectivity index (χ1n) is 4.48. The second kappa shape index (κ2) is 3.93. The number of carbonyl (C=O) groups is 1. The quantitative estimate of drug-likeness (QED) is 0.704. The number of nitrogens with zero attached hydrogens (tertiary/aromatic N) is 1. The summed E-state index contributed by atoms with van der Waals surface area (Å²) in [5.41, 5.74) is 5.45. The first kappa shape index (κ1) is 10.0. The Morgan fingerprint density at radius 3 is 2.81 bits per heavy atom. The van der Waals surface area contributed by atoms with Crippen molar-refractivity contribution in [3.05, 3.63) is 35.9 Å². The van der Waals surface area contributed by atoms with E-state index in [1.165, 1.54) is 18.2 Å². The van der Waals surface area contributed by atoms with Gasteiger partial charge in [-0.1, -0.05) is 17.3 Å². The third-order valence-corrected chi connectivity index (χ3v) is 1.92. The Bertz CT molecular complexity index is 522. The van der Waals surface area contributed by atoms with Gasteiger partial charge in [-0.3, -0.25) is 4.79 Å². The normalized spacial score (nSPS) is 10.0. The van der Waals surface area contributed by atoms with Gasteiger partial charge in [0.05, 0.1) is 5.56 Å². The van der Waals surface area contributed by atoms with Gasteiger partial charge in [0.1, 0.15) is 5.75 Å². The molecule has 6 nitrogen and oxygen atoms in total. The number of phenols is 1. The maximum atomic E-state index is 11.7. The summed E-state index contributed by atoms with van der Waals surface area (Å²) in [6.45, 7) is 0. The molecule has 1 aromatic heterocycles. The number of benzene rings is 1. The Hall–Kier alpha value is -2.50. The molecule has 4 N–H and O–H groups in total. The van der Waals surface area contributed by atoms with Crippen LogP contribution in [0.25, 0.3) is 0 Å². The molecule has 2 aromatic rings. The van der Waals surface area contributed by atoms with Gasteiger partial charge in [0.15, 0.2) is 5.82 Å². The maximum Gasteiger partial charge on any atom is 0.260 e. The molecule has 0 aliphatic carbocycles. The average molecular weight is 219 g/mol. The Kier molecular flexibility index (Phi) is 2.47. The van der Waals surface area contributed by atoms with Crippen LogP contribution in [0.5, 0.6) is 5.75 Å². The van der Waals surface area contributed by atoms with Crippen molar-refractivity contribution in [1.29, 1.82) is 0 Å². The van der Waals surface area contributed by atoms with E-state index in [4.69, 9.17) is 5.73 Å². The van der Waals surface area contributed by atoms with Gasteiger partial charge in [-0.2, -0.15) is 0 Å². The number of phenolic OH excluding ortho intramolecular Hbond substituents is 1. The highest BCUT2D eigenvalue weighted by Crippen LogP contribution is 2.18. The number of aromatic hydroxyl groups is 1. The zero-order valence-electron chi connectivity index (χ0n) is 8.18. The van der Waals surface area contributed by atoms with E-state index in [9.17, 15) is 9.90 Å². The van der Waals surface area contributed by atoms with E-state index in [-0.39, 0.29) is 23.0 Å². The minimum Gasteiger partial charge on any atom is -0.507 e. The van der Waals surface area contributed by atoms with E-state index >= 15 is 0 Å². The summed E-state index contributed by atoms with van der Waals surface area (Å²) >= 11 is 0. The number of rotatable bonds is 2. The van der Waals surface area contributed by atoms with E-state index in [0.717, 1.165) is 0 Å². The van der Waals surface area contributed by atoms with Gasteiger partial charge in [-0.05, 0) is 12.1 Å². The van der Waals surface area contributed by atoms with E-state index in [1.807, 2.05) is 0 Å². The fraction of sp³-hybridized carbons (Fsp3) is 0. The molecule has 1 aromatic carbocycles. The third-order valence-electron chi connectivity index (χ3n) is 1.92. The number of aromatic nitrogens is 1. The van der Waals surface area contributed by atoms with E-state index < -0.39 is 5.91 Å². The summed E-state index contributed by atoms with van der Waals surface area (Å²) in [5.74, 6) is -0.277. The molecular weight excluding hydrogens is 210 g/mol. The van der Waals surface area contributed by atoms with Gasteiger partial charge in [-0.15, -0.1) is 0 Å². The van der Waals surface area contributed by atoms with Crippen molar-refractivity contribution in [2.24, 2.45) is 0 Å². The first-order chi connectivity index (χ1) is 7.66. The molecule has 0 fully saturated rings. The molecule has 0 unspecified atom stereocenters. The van der Waals surface area contributed by atoms with Crippen LogP contribution in [0.4, 0.5) is 11.7 Å². The summed E-state index contributed by atoms with van der Waals surface area (Å²) in [4.78, 5) is 11.7. The summed E-state index contributed by atoms with van der Waals surface area (Å²) < 4.78 is 4.58. The lowest BCUT2D eigenvalue weighted by Crippen LogP contribution is -2.12. The molecular formula is C10H9N3O3. The van der Waals surface area contributed by atoms with Crippen LogP contribution in [0.1, 0.15) is 10.4 Å². The number of anilines is 2. The molecule has 0 aliphatic rings. The van der Waals surface area contributed by atoms with Crippen molar-refractivity contribution in [3.8, 4) is 5.75 Å². The number of nitrogens with two attached hydrogens (primary N) is 1. The van der Waals surface area contributed by atoms with Crippen LogP contribution in [0.3, 0.4) is 0 Å². The number of para-hydroxylation sites is 1. The van der Waals surface area contributed by atoms with E-state index in [0.29, 0.717) is 0 Å². The lowest BCUT2D eigenvalue weighted by Gasteiger charge is -2.02. The molecule has 6 heteroatoms. The molecule has 0 spiro atoms. The van der Waals surface area contributed by atoms with Gasteiger partial charge < -0.3 is 20.7 Å². The molecule has 0 radical (unpaired) electrons. The Morgan fingerprint density at radius 1 is 1.44 bits per heavy atom. The number of carbonyl (C=O) groups excluding carboxylic acids is 1. The molecule has 0 aliphatic heterocycles. The van der Waals surface area contributed by atoms with Gasteiger partial charge in [0, 0.05) is 6.07 Å². The zero-order chi connectivity index (χ0) is 11.5. The fourth-order valence-corrected chi connectivity index (χ4v) is 1.20. The molecule has 0 atom stereocenters. The van der Waals surface area contributed by atoms with Crippen LogP contribution in [-0.4, -0.2) is 16.2 Å². The van der Waals surface area contributed by atoms with Crippen molar-refractivity contribution in [2.45, 2.75) is 0 Å². The molecule has 0 bridgehead atoms. The van der Waals surface area contributed by atoms with Crippen LogP contribution >= 0.6 is 0 Å². The molecule has 1 heterocycles. The highest BCUT2D eigenvalue weighted by molar-refractivity contribution is 6.05. The lowest BCUT2D eigenvalue weighted by molar-refractivity contribution is 0.102. The molecule has 0 saturated heterocycles. The van der Waals surface area contributed by atoms with Gasteiger partial charge >= 0.3 is 0 Å². The van der Waals surface area contributed by atoms with Crippen LogP contribution in [0.2, 0.25) is 0 Å². The van der Waals surface area contributed by atoms with Crippen LogP contribution in [0, 0.1) is 0 Å². The predicted molar refractivity (Wildman–Crippen MR) is 57.0 cm³/mol. The van der Waals surface area contributed by atoms with Crippen LogP contribution < -0.4 is 11.1 Å². The SMILES string of the molecule is Nc1cc(NC(=O)c2ccccc2O)no1. The minimum atomic E-state index is -0.480. The van der Waals surface area contributed by atoms with E-state index in [1.54, 1.807) is 12.1 Å². The standard InChI is InChI=1S/C10H9N3O3/c11-8-5-9(13-16-8)12-10(15)6-3-1-2-4-7(6)14/h1-5,14H,11H2,(H,12,13,15). The molecule has 0 saturated carbocycles. The number of hydrogen-bond donors (Lipinski definition) is 3. The summed E-state index contributed by atoms with van der Waals surface area (Å²) in [6.07, 6.45) is 0. The van der Waals surface area contributed by atoms with Crippen molar-refractivity contribution in [2.75, 3.05) is 11.1 Å². The highest BCUT2D eigenvalue weighted by atomic mass is 16.5. The summed E-state index contributed by atoms with van der Waals surface area (Å²) in [5, 5.41) is 15.4. The van der Waals surface area contributed by atoms with Crippen molar-refractivity contribution < 1.29 is 14.4 Å². The van der Waals surface area contributed by atoms with Crippen molar-refractivity contribution in [3.63, 3.8) is 0 Å². The smallest absolute Gasteiger partial charge is 0.260 e. The zero-order valence-corrected chi connectivity index (χ0v) is 8.18. The third kappa shape index (κ3) is 1.95.